The lowest BCUT2D eigenvalue weighted by molar-refractivity contribution is -0.168. The van der Waals surface area contributed by atoms with E-state index in [4.69, 9.17) is 4.74 Å². The highest BCUT2D eigenvalue weighted by Crippen LogP contribution is 2.03. The van der Waals surface area contributed by atoms with Crippen molar-refractivity contribution >= 4 is 34.5 Å². The summed E-state index contributed by atoms with van der Waals surface area (Å²) in [5.74, 6) is -1.98. The van der Waals surface area contributed by atoms with Gasteiger partial charge in [-0.25, -0.2) is 14.6 Å². The topological polar surface area (TPSA) is 70.4 Å². The fourth-order valence-electron chi connectivity index (χ4n) is 0.918. The van der Waals surface area contributed by atoms with Gasteiger partial charge < -0.3 is 14.0 Å². The number of halogens is 1. The van der Waals surface area contributed by atoms with Crippen molar-refractivity contribution in [2.45, 2.75) is 17.6 Å². The van der Waals surface area contributed by atoms with Gasteiger partial charge in [-0.15, -0.1) is 0 Å². The second kappa shape index (κ2) is 5.83. The maximum atomic E-state index is 11.2. The summed E-state index contributed by atoms with van der Waals surface area (Å²) in [5.41, 5.74) is 0.698. The Morgan fingerprint density at radius 3 is 2.75 bits per heavy atom. The Morgan fingerprint density at radius 1 is 1.56 bits per heavy atom. The van der Waals surface area contributed by atoms with Crippen molar-refractivity contribution < 1.29 is 19.1 Å². The molecule has 0 saturated carbocycles. The molecule has 0 spiro atoms. The highest BCUT2D eigenvalue weighted by atomic mass is 127. The molecule has 1 atom stereocenters. The van der Waals surface area contributed by atoms with Crippen molar-refractivity contribution in [2.75, 3.05) is 0 Å². The number of rotatable bonds is 3. The Bertz CT molecular complexity index is 389. The van der Waals surface area contributed by atoms with Crippen LogP contribution in [0.15, 0.2) is 12.5 Å². The molecule has 6 nitrogen and oxygen atoms in total. The summed E-state index contributed by atoms with van der Waals surface area (Å²) < 4.78 is 10.7. The molecule has 1 aromatic heterocycles. The summed E-state index contributed by atoms with van der Waals surface area (Å²) >= 11 is 1.87. The van der Waals surface area contributed by atoms with Crippen LogP contribution in [0, 0.1) is 0 Å². The minimum absolute atomic E-state index is 0.0000595. The summed E-state index contributed by atoms with van der Waals surface area (Å²) in [6, 6.07) is 0. The Hall–Kier alpha value is -1.12. The molecule has 0 aliphatic heterocycles. The first-order valence-electron chi connectivity index (χ1n) is 4.47. The first-order valence-corrected chi connectivity index (χ1v) is 5.72. The van der Waals surface area contributed by atoms with Crippen LogP contribution in [-0.2, 0) is 32.7 Å². The van der Waals surface area contributed by atoms with E-state index in [1.807, 2.05) is 22.6 Å². The average Bonchev–Trinajstić information content (AvgIpc) is 2.59. The molecule has 0 unspecified atom stereocenters. The molecule has 0 aliphatic rings. The molecule has 0 aliphatic carbocycles. The van der Waals surface area contributed by atoms with Crippen LogP contribution in [-0.4, -0.2) is 25.6 Å². The summed E-state index contributed by atoms with van der Waals surface area (Å²) in [7, 11) is 1.77. The predicted molar refractivity (Wildman–Crippen MR) is 62.6 cm³/mol. The van der Waals surface area contributed by atoms with Crippen LogP contribution in [0.4, 0.5) is 0 Å². The maximum absolute atomic E-state index is 11.2. The Kier molecular flexibility index (Phi) is 4.71. The highest BCUT2D eigenvalue weighted by Gasteiger charge is 2.19. The molecule has 88 valence electrons. The lowest BCUT2D eigenvalue weighted by atomic mass is 10.5. The molecule has 0 radical (unpaired) electrons. The number of esters is 2. The van der Waals surface area contributed by atoms with Crippen molar-refractivity contribution in [3.63, 3.8) is 0 Å². The summed E-state index contributed by atoms with van der Waals surface area (Å²) in [6.45, 7) is 1.65. The second-order valence-electron chi connectivity index (χ2n) is 3.02. The number of carbonyl (C=O) groups is 2. The van der Waals surface area contributed by atoms with Crippen LogP contribution in [0.3, 0.4) is 0 Å². The molecular weight excluding hydrogens is 327 g/mol. The highest BCUT2D eigenvalue weighted by molar-refractivity contribution is 14.1. The zero-order chi connectivity index (χ0) is 12.1. The van der Waals surface area contributed by atoms with E-state index < -0.39 is 11.9 Å². The lowest BCUT2D eigenvalue weighted by Crippen LogP contribution is -2.22. The number of alkyl halides is 1. The summed E-state index contributed by atoms with van der Waals surface area (Å²) in [5, 5.41) is 0. The van der Waals surface area contributed by atoms with Gasteiger partial charge in [0.2, 0.25) is 0 Å². The first kappa shape index (κ1) is 12.9. The molecular formula is C9H11IN2O4. The van der Waals surface area contributed by atoms with Crippen molar-refractivity contribution in [3.8, 4) is 0 Å². The van der Waals surface area contributed by atoms with Crippen LogP contribution >= 0.6 is 22.6 Å². The number of hydrogen-bond acceptors (Lipinski definition) is 5. The Labute approximate surface area is 106 Å². The fraction of sp³-hybridized carbons (Fsp3) is 0.444. The maximum Gasteiger partial charge on any atom is 0.418 e. The van der Waals surface area contributed by atoms with E-state index in [0.717, 1.165) is 0 Å². The number of aromatic nitrogens is 2. The van der Waals surface area contributed by atoms with Gasteiger partial charge in [0.25, 0.3) is 0 Å². The summed E-state index contributed by atoms with van der Waals surface area (Å²) in [6.07, 6.45) is 3.13. The number of hydrogen-bond donors (Lipinski definition) is 0. The number of aryl methyl sites for hydroxylation is 1. The third-order valence-electron chi connectivity index (χ3n) is 1.70. The van der Waals surface area contributed by atoms with Gasteiger partial charge in [-0.05, 0) is 29.5 Å². The standard InChI is InChI=1S/C9H11IN2O4/c1-6(10)16-9(14)8(13)15-4-7-3-11-5-12(7)2/h3,5-6H,4H2,1-2H3/t6-/m1/s1. The van der Waals surface area contributed by atoms with Crippen LogP contribution in [0.1, 0.15) is 12.6 Å². The van der Waals surface area contributed by atoms with Gasteiger partial charge in [0.05, 0.1) is 18.2 Å². The molecule has 1 aromatic rings. The van der Waals surface area contributed by atoms with Crippen LogP contribution in [0.2, 0.25) is 0 Å². The third kappa shape index (κ3) is 3.80. The minimum atomic E-state index is -0.996. The number of carbonyl (C=O) groups excluding carboxylic acids is 2. The van der Waals surface area contributed by atoms with Crippen molar-refractivity contribution in [1.82, 2.24) is 9.55 Å². The van der Waals surface area contributed by atoms with Crippen LogP contribution < -0.4 is 0 Å². The van der Waals surface area contributed by atoms with E-state index in [2.05, 4.69) is 9.72 Å². The molecule has 0 N–H and O–H groups in total. The van der Waals surface area contributed by atoms with E-state index in [9.17, 15) is 9.59 Å². The van der Waals surface area contributed by atoms with Crippen LogP contribution in [0.25, 0.3) is 0 Å². The first-order chi connectivity index (χ1) is 7.50. The molecule has 7 heteroatoms. The Balaban J connectivity index is 2.41. The lowest BCUT2D eigenvalue weighted by Gasteiger charge is -2.06. The monoisotopic (exact) mass is 338 g/mol. The number of nitrogens with zero attached hydrogens (tertiary/aromatic N) is 2. The fourth-order valence-corrected chi connectivity index (χ4v) is 1.15. The van der Waals surface area contributed by atoms with Gasteiger partial charge in [0.15, 0.2) is 0 Å². The largest absolute Gasteiger partial charge is 0.451 e. The molecule has 0 aromatic carbocycles. The zero-order valence-corrected chi connectivity index (χ0v) is 11.0. The van der Waals surface area contributed by atoms with E-state index in [-0.39, 0.29) is 10.7 Å². The Morgan fingerprint density at radius 2 is 2.25 bits per heavy atom. The smallest absolute Gasteiger partial charge is 0.418 e. The van der Waals surface area contributed by atoms with Crippen LogP contribution in [0.5, 0.6) is 0 Å². The van der Waals surface area contributed by atoms with Gasteiger partial charge in [0.1, 0.15) is 10.7 Å². The summed E-state index contributed by atoms with van der Waals surface area (Å²) in [4.78, 5) is 26.1. The average molecular weight is 338 g/mol. The van der Waals surface area contributed by atoms with Gasteiger partial charge >= 0.3 is 11.9 Å². The van der Waals surface area contributed by atoms with Crippen molar-refractivity contribution in [2.24, 2.45) is 7.05 Å². The van der Waals surface area contributed by atoms with Crippen molar-refractivity contribution in [3.05, 3.63) is 18.2 Å². The number of ether oxygens (including phenoxy) is 2. The molecule has 0 saturated heterocycles. The van der Waals surface area contributed by atoms with Crippen molar-refractivity contribution in [1.29, 1.82) is 0 Å². The SMILES string of the molecule is C[C@H](I)OC(=O)C(=O)OCc1cncn1C. The van der Waals surface area contributed by atoms with E-state index >= 15 is 0 Å². The van der Waals surface area contributed by atoms with Gasteiger partial charge in [-0.2, -0.15) is 0 Å². The molecule has 1 heterocycles. The quantitative estimate of drug-likeness (QED) is 0.353. The number of imidazole rings is 1. The molecule has 0 fully saturated rings. The zero-order valence-electron chi connectivity index (χ0n) is 8.84. The molecule has 0 bridgehead atoms. The van der Waals surface area contributed by atoms with Gasteiger partial charge in [0, 0.05) is 7.05 Å². The minimum Gasteiger partial charge on any atom is -0.451 e. The second-order valence-corrected chi connectivity index (χ2v) is 4.77. The molecule has 1 rings (SSSR count). The third-order valence-corrected chi connectivity index (χ3v) is 1.96. The normalized spacial score (nSPS) is 11.9. The predicted octanol–water partition coefficient (Wildman–Crippen LogP) is 0.787. The van der Waals surface area contributed by atoms with E-state index in [1.54, 1.807) is 31.1 Å². The van der Waals surface area contributed by atoms with Gasteiger partial charge in [-0.1, -0.05) is 0 Å². The molecule has 16 heavy (non-hydrogen) atoms. The molecule has 0 amide bonds. The van der Waals surface area contributed by atoms with E-state index in [0.29, 0.717) is 5.69 Å². The van der Waals surface area contributed by atoms with E-state index in [1.165, 1.54) is 0 Å². The van der Waals surface area contributed by atoms with Gasteiger partial charge in [-0.3, -0.25) is 0 Å².